The van der Waals surface area contributed by atoms with Gasteiger partial charge in [0.2, 0.25) is 0 Å². The number of nitro benzene ring substituents is 1. The van der Waals surface area contributed by atoms with E-state index < -0.39 is 4.92 Å². The summed E-state index contributed by atoms with van der Waals surface area (Å²) in [5.41, 5.74) is 0.915. The van der Waals surface area contributed by atoms with Crippen molar-refractivity contribution in [2.45, 2.75) is 32.1 Å². The van der Waals surface area contributed by atoms with Gasteiger partial charge in [-0.3, -0.25) is 20.2 Å². The lowest BCUT2D eigenvalue weighted by Gasteiger charge is -2.06. The topological polar surface area (TPSA) is 94.4 Å². The second kappa shape index (κ2) is 7.39. The summed E-state index contributed by atoms with van der Waals surface area (Å²) in [5, 5.41) is 14.2. The summed E-state index contributed by atoms with van der Waals surface area (Å²) in [7, 11) is 0. The van der Waals surface area contributed by atoms with Crippen molar-refractivity contribution in [2.75, 3.05) is 11.9 Å². The molecule has 0 spiro atoms. The lowest BCUT2D eigenvalue weighted by molar-refractivity contribution is -0.385. The number of fused-ring (bicyclic) bond motifs is 1. The third-order valence-electron chi connectivity index (χ3n) is 3.76. The van der Waals surface area contributed by atoms with E-state index in [9.17, 15) is 14.9 Å². The van der Waals surface area contributed by atoms with Crippen LogP contribution in [-0.2, 0) is 17.6 Å². The van der Waals surface area contributed by atoms with Crippen LogP contribution >= 0.6 is 11.3 Å². The summed E-state index contributed by atoms with van der Waals surface area (Å²) in [6.07, 6.45) is 5.47. The molecule has 8 heteroatoms. The molecule has 7 nitrogen and oxygen atoms in total. The molecule has 1 aromatic heterocycles. The van der Waals surface area contributed by atoms with Crippen molar-refractivity contribution in [1.82, 2.24) is 4.98 Å². The van der Waals surface area contributed by atoms with E-state index in [2.05, 4.69) is 10.3 Å². The molecule has 0 saturated heterocycles. The Hall–Kier alpha value is -2.48. The number of hydrogen-bond acceptors (Lipinski definition) is 6. The first-order valence-corrected chi connectivity index (χ1v) is 8.60. The van der Waals surface area contributed by atoms with E-state index in [0.717, 1.165) is 31.4 Å². The Balaban J connectivity index is 1.59. The largest absolute Gasteiger partial charge is 0.477 e. The predicted molar refractivity (Wildman–Crippen MR) is 90.6 cm³/mol. The Morgan fingerprint density at radius 2 is 2.08 bits per heavy atom. The van der Waals surface area contributed by atoms with Gasteiger partial charge in [-0.2, -0.15) is 0 Å². The highest BCUT2D eigenvalue weighted by molar-refractivity contribution is 7.15. The van der Waals surface area contributed by atoms with Crippen LogP contribution in [0.5, 0.6) is 5.75 Å². The minimum Gasteiger partial charge on any atom is -0.477 e. The molecule has 1 aromatic carbocycles. The van der Waals surface area contributed by atoms with Crippen molar-refractivity contribution in [1.29, 1.82) is 0 Å². The number of nitro groups is 1. The molecule has 126 valence electrons. The van der Waals surface area contributed by atoms with Crippen LogP contribution in [0.1, 0.15) is 29.8 Å². The first kappa shape index (κ1) is 16.4. The van der Waals surface area contributed by atoms with E-state index in [4.69, 9.17) is 4.74 Å². The highest BCUT2D eigenvalue weighted by atomic mass is 32.1. The summed E-state index contributed by atoms with van der Waals surface area (Å²) in [6, 6.07) is 5.98. The van der Waals surface area contributed by atoms with Gasteiger partial charge in [-0.15, -0.1) is 11.3 Å². The number of carbonyl (C=O) groups is 1. The molecule has 0 bridgehead atoms. The summed E-state index contributed by atoms with van der Waals surface area (Å²) >= 11 is 1.50. The van der Waals surface area contributed by atoms with Crippen molar-refractivity contribution < 1.29 is 14.5 Å². The monoisotopic (exact) mass is 347 g/mol. The molecule has 24 heavy (non-hydrogen) atoms. The van der Waals surface area contributed by atoms with Gasteiger partial charge in [0.25, 0.3) is 5.91 Å². The number of aromatic nitrogens is 1. The number of anilines is 1. The molecule has 0 radical (unpaired) electrons. The molecule has 0 aliphatic heterocycles. The number of aryl methyl sites for hydroxylation is 2. The number of hydrogen-bond donors (Lipinski definition) is 1. The quantitative estimate of drug-likeness (QED) is 0.508. The number of thiazole rings is 1. The molecular weight excluding hydrogens is 330 g/mol. The molecule has 1 N–H and O–H groups in total. The molecule has 3 rings (SSSR count). The minimum atomic E-state index is -0.537. The number of rotatable bonds is 5. The van der Waals surface area contributed by atoms with Gasteiger partial charge in [0.05, 0.1) is 10.6 Å². The van der Waals surface area contributed by atoms with Crippen molar-refractivity contribution in [3.63, 3.8) is 0 Å². The normalized spacial score (nSPS) is 13.7. The zero-order valence-electron chi connectivity index (χ0n) is 13.0. The first-order chi connectivity index (χ1) is 11.6. The highest BCUT2D eigenvalue weighted by Crippen LogP contribution is 2.29. The van der Waals surface area contributed by atoms with Crippen LogP contribution in [0.4, 0.5) is 10.8 Å². The van der Waals surface area contributed by atoms with Crippen LogP contribution in [0.3, 0.4) is 0 Å². The highest BCUT2D eigenvalue weighted by Gasteiger charge is 2.17. The molecule has 2 aromatic rings. The van der Waals surface area contributed by atoms with Gasteiger partial charge in [0.15, 0.2) is 17.5 Å². The molecule has 1 heterocycles. The summed E-state index contributed by atoms with van der Waals surface area (Å²) < 4.78 is 5.28. The molecular formula is C16H17N3O4S. The number of carbonyl (C=O) groups excluding carboxylic acids is 1. The number of nitrogens with zero attached hydrogens (tertiary/aromatic N) is 2. The second-order valence-electron chi connectivity index (χ2n) is 5.51. The lowest BCUT2D eigenvalue weighted by atomic mass is 10.2. The van der Waals surface area contributed by atoms with Crippen molar-refractivity contribution >= 4 is 28.1 Å². The molecule has 0 atom stereocenters. The van der Waals surface area contributed by atoms with Crippen LogP contribution in [0.15, 0.2) is 24.3 Å². The standard InChI is InChI=1S/C16H17N3O4S/c20-15(10-23-13-8-5-4-7-12(13)19(21)22)18-16-17-11-6-2-1-3-9-14(11)24-16/h4-5,7-8H,1-3,6,9-10H2,(H,17,18,20). The van der Waals surface area contributed by atoms with E-state index in [1.165, 1.54) is 34.8 Å². The first-order valence-electron chi connectivity index (χ1n) is 7.78. The van der Waals surface area contributed by atoms with E-state index in [-0.39, 0.29) is 24.0 Å². The van der Waals surface area contributed by atoms with Gasteiger partial charge in [-0.05, 0) is 31.7 Å². The molecule has 1 aliphatic rings. The maximum Gasteiger partial charge on any atom is 0.310 e. The smallest absolute Gasteiger partial charge is 0.310 e. The van der Waals surface area contributed by atoms with Gasteiger partial charge in [0.1, 0.15) is 0 Å². The van der Waals surface area contributed by atoms with Crippen LogP contribution in [0.25, 0.3) is 0 Å². The summed E-state index contributed by atoms with van der Waals surface area (Å²) in [6.45, 7) is -0.297. The fourth-order valence-electron chi connectivity index (χ4n) is 2.61. The molecule has 1 aliphatic carbocycles. The van der Waals surface area contributed by atoms with Gasteiger partial charge < -0.3 is 4.74 Å². The van der Waals surface area contributed by atoms with Crippen molar-refractivity contribution in [3.05, 3.63) is 45.0 Å². The SMILES string of the molecule is O=C(COc1ccccc1[N+](=O)[O-])Nc1nc2c(s1)CCCCC2. The minimum absolute atomic E-state index is 0.0765. The number of ether oxygens (including phenoxy) is 1. The summed E-state index contributed by atoms with van der Waals surface area (Å²) in [5.74, 6) is -0.301. The Kier molecular flexibility index (Phi) is 5.05. The fourth-order valence-corrected chi connectivity index (χ4v) is 3.68. The molecule has 0 saturated carbocycles. The van der Waals surface area contributed by atoms with E-state index in [1.807, 2.05) is 0 Å². The number of benzene rings is 1. The molecule has 1 amide bonds. The number of amides is 1. The molecule has 0 unspecified atom stereocenters. The third-order valence-corrected chi connectivity index (χ3v) is 4.84. The number of para-hydroxylation sites is 2. The third kappa shape index (κ3) is 3.88. The molecule has 0 fully saturated rings. The Morgan fingerprint density at radius 3 is 2.92 bits per heavy atom. The van der Waals surface area contributed by atoms with Crippen LogP contribution in [0.2, 0.25) is 0 Å². The Morgan fingerprint density at radius 1 is 1.29 bits per heavy atom. The van der Waals surface area contributed by atoms with E-state index >= 15 is 0 Å². The second-order valence-corrected chi connectivity index (χ2v) is 6.59. The Labute approximate surface area is 142 Å². The van der Waals surface area contributed by atoms with Gasteiger partial charge in [-0.25, -0.2) is 4.98 Å². The maximum absolute atomic E-state index is 12.0. The van der Waals surface area contributed by atoms with Crippen molar-refractivity contribution in [2.24, 2.45) is 0 Å². The van der Waals surface area contributed by atoms with Gasteiger partial charge >= 0.3 is 5.69 Å². The zero-order chi connectivity index (χ0) is 16.9. The average molecular weight is 347 g/mol. The number of nitrogens with one attached hydrogen (secondary N) is 1. The van der Waals surface area contributed by atoms with E-state index in [1.54, 1.807) is 12.1 Å². The predicted octanol–water partition coefficient (Wildman–Crippen LogP) is 3.34. The van der Waals surface area contributed by atoms with Crippen molar-refractivity contribution in [3.8, 4) is 5.75 Å². The van der Waals surface area contributed by atoms with Crippen LogP contribution < -0.4 is 10.1 Å². The maximum atomic E-state index is 12.0. The van der Waals surface area contributed by atoms with Gasteiger partial charge in [-0.1, -0.05) is 18.6 Å². The van der Waals surface area contributed by atoms with Crippen LogP contribution in [0, 0.1) is 10.1 Å². The zero-order valence-corrected chi connectivity index (χ0v) is 13.8. The average Bonchev–Trinajstić information content (AvgIpc) is 2.81. The van der Waals surface area contributed by atoms with Gasteiger partial charge in [0, 0.05) is 10.9 Å². The fraction of sp³-hybridized carbons (Fsp3) is 0.375. The summed E-state index contributed by atoms with van der Waals surface area (Å²) in [4.78, 5) is 28.1. The van der Waals surface area contributed by atoms with E-state index in [0.29, 0.717) is 5.13 Å². The Bertz CT molecular complexity index is 736. The van der Waals surface area contributed by atoms with Crippen LogP contribution in [-0.4, -0.2) is 22.4 Å². The lowest BCUT2D eigenvalue weighted by Crippen LogP contribution is -2.20.